The Balaban J connectivity index is 1.46. The van der Waals surface area contributed by atoms with Gasteiger partial charge < -0.3 is 5.32 Å². The third kappa shape index (κ3) is 3.67. The van der Waals surface area contributed by atoms with Crippen molar-refractivity contribution in [2.24, 2.45) is 5.92 Å². The fourth-order valence-electron chi connectivity index (χ4n) is 3.70. The van der Waals surface area contributed by atoms with E-state index in [0.29, 0.717) is 29.7 Å². The molecule has 2 aromatic heterocycles. The van der Waals surface area contributed by atoms with Gasteiger partial charge in [-0.1, -0.05) is 31.0 Å². The highest BCUT2D eigenvalue weighted by atomic mass is 19.1. The number of aromatic nitrogens is 4. The van der Waals surface area contributed by atoms with Crippen LogP contribution >= 0.6 is 0 Å². The number of carbonyl (C=O) groups excluding carboxylic acids is 1. The summed E-state index contributed by atoms with van der Waals surface area (Å²) in [6.45, 7) is 0.981. The predicted molar refractivity (Wildman–Crippen MR) is 102 cm³/mol. The van der Waals surface area contributed by atoms with Crippen molar-refractivity contribution >= 4 is 16.9 Å². The van der Waals surface area contributed by atoms with Gasteiger partial charge in [-0.3, -0.25) is 14.2 Å². The maximum Gasteiger partial charge on any atom is 0.264 e. The summed E-state index contributed by atoms with van der Waals surface area (Å²) in [4.78, 5) is 29.1. The topological polar surface area (TPSA) is 81.8 Å². The molecule has 0 atom stereocenters. The first-order valence-corrected chi connectivity index (χ1v) is 9.55. The van der Waals surface area contributed by atoms with Crippen molar-refractivity contribution < 1.29 is 9.18 Å². The minimum absolute atomic E-state index is 0.0918. The number of amides is 1. The number of benzene rings is 1. The Morgan fingerprint density at radius 1 is 1.25 bits per heavy atom. The molecule has 0 saturated heterocycles. The van der Waals surface area contributed by atoms with Crippen molar-refractivity contribution in [3.05, 3.63) is 58.5 Å². The minimum Gasteiger partial charge on any atom is -0.354 e. The summed E-state index contributed by atoms with van der Waals surface area (Å²) in [6, 6.07) is 6.35. The molecule has 4 rings (SSSR count). The van der Waals surface area contributed by atoms with Crippen LogP contribution in [0, 0.1) is 11.7 Å². The van der Waals surface area contributed by atoms with E-state index >= 15 is 0 Å². The van der Waals surface area contributed by atoms with Crippen LogP contribution in [-0.2, 0) is 17.9 Å². The second kappa shape index (κ2) is 7.92. The predicted octanol–water partition coefficient (Wildman–Crippen LogP) is 2.09. The molecule has 28 heavy (non-hydrogen) atoms. The monoisotopic (exact) mass is 383 g/mol. The van der Waals surface area contributed by atoms with E-state index < -0.39 is 0 Å². The fraction of sp³-hybridized carbons (Fsp3) is 0.400. The second-order valence-corrected chi connectivity index (χ2v) is 7.15. The van der Waals surface area contributed by atoms with Crippen molar-refractivity contribution in [1.29, 1.82) is 0 Å². The number of fused-ring (bicyclic) bond motifs is 1. The molecule has 0 unspecified atom stereocenters. The summed E-state index contributed by atoms with van der Waals surface area (Å²) in [5, 5.41) is 7.55. The molecule has 7 nitrogen and oxygen atoms in total. The SMILES string of the molecule is O=C(NCCn1ncc2c(=O)n(Cc3ccccc3F)cnc21)C1CCCC1. The van der Waals surface area contributed by atoms with E-state index in [0.717, 1.165) is 25.7 Å². The molecule has 0 bridgehead atoms. The van der Waals surface area contributed by atoms with E-state index in [1.807, 2.05) is 0 Å². The maximum atomic E-state index is 13.9. The third-order valence-corrected chi connectivity index (χ3v) is 5.27. The van der Waals surface area contributed by atoms with Gasteiger partial charge in [-0.2, -0.15) is 5.10 Å². The van der Waals surface area contributed by atoms with E-state index in [1.54, 1.807) is 22.9 Å². The molecular weight excluding hydrogens is 361 g/mol. The van der Waals surface area contributed by atoms with E-state index in [-0.39, 0.29) is 29.7 Å². The van der Waals surface area contributed by atoms with Crippen LogP contribution in [0.3, 0.4) is 0 Å². The Kier molecular flexibility index (Phi) is 5.18. The molecule has 1 aromatic carbocycles. The molecule has 0 aliphatic heterocycles. The molecule has 8 heteroatoms. The van der Waals surface area contributed by atoms with Crippen molar-refractivity contribution in [3.8, 4) is 0 Å². The Labute approximate surface area is 161 Å². The lowest BCUT2D eigenvalue weighted by molar-refractivity contribution is -0.124. The van der Waals surface area contributed by atoms with Crippen LogP contribution in [0.4, 0.5) is 4.39 Å². The number of nitrogens with zero attached hydrogens (tertiary/aromatic N) is 4. The first-order valence-electron chi connectivity index (χ1n) is 9.55. The van der Waals surface area contributed by atoms with Gasteiger partial charge in [0.2, 0.25) is 5.91 Å². The smallest absolute Gasteiger partial charge is 0.264 e. The molecule has 146 valence electrons. The fourth-order valence-corrected chi connectivity index (χ4v) is 3.70. The Morgan fingerprint density at radius 3 is 2.82 bits per heavy atom. The lowest BCUT2D eigenvalue weighted by Gasteiger charge is -2.10. The quantitative estimate of drug-likeness (QED) is 0.707. The van der Waals surface area contributed by atoms with Gasteiger partial charge in [0.15, 0.2) is 5.65 Å². The van der Waals surface area contributed by atoms with E-state index in [1.165, 1.54) is 23.2 Å². The standard InChI is InChI=1S/C20H22FN5O2/c21-17-8-4-3-7-15(17)12-25-13-23-18-16(20(25)28)11-24-26(18)10-9-22-19(27)14-5-1-2-6-14/h3-4,7-8,11,13-14H,1-2,5-6,9-10,12H2,(H,22,27). The lowest BCUT2D eigenvalue weighted by atomic mass is 10.1. The van der Waals surface area contributed by atoms with Gasteiger partial charge in [-0.05, 0) is 18.9 Å². The van der Waals surface area contributed by atoms with Gasteiger partial charge in [0.25, 0.3) is 5.56 Å². The Bertz CT molecular complexity index is 1050. The van der Waals surface area contributed by atoms with Crippen LogP contribution in [0.15, 0.2) is 41.6 Å². The normalized spacial score (nSPS) is 14.6. The first-order chi connectivity index (χ1) is 13.6. The third-order valence-electron chi connectivity index (χ3n) is 5.27. The van der Waals surface area contributed by atoms with Crippen LogP contribution < -0.4 is 10.9 Å². The summed E-state index contributed by atoms with van der Waals surface area (Å²) in [5.41, 5.74) is 0.618. The number of halogens is 1. The molecule has 1 saturated carbocycles. The average Bonchev–Trinajstić information content (AvgIpc) is 3.36. The van der Waals surface area contributed by atoms with Crippen LogP contribution in [0.25, 0.3) is 11.0 Å². The number of carbonyl (C=O) groups is 1. The molecule has 3 aromatic rings. The summed E-state index contributed by atoms with van der Waals surface area (Å²) in [7, 11) is 0. The van der Waals surface area contributed by atoms with Crippen LogP contribution in [0.5, 0.6) is 0 Å². The Morgan fingerprint density at radius 2 is 2.04 bits per heavy atom. The van der Waals surface area contributed by atoms with Crippen molar-refractivity contribution in [3.63, 3.8) is 0 Å². The molecule has 1 aliphatic rings. The zero-order valence-corrected chi connectivity index (χ0v) is 15.5. The summed E-state index contributed by atoms with van der Waals surface area (Å²) in [6.07, 6.45) is 7.03. The molecule has 1 amide bonds. The second-order valence-electron chi connectivity index (χ2n) is 7.15. The number of rotatable bonds is 6. The summed E-state index contributed by atoms with van der Waals surface area (Å²) < 4.78 is 16.8. The zero-order valence-electron chi connectivity index (χ0n) is 15.5. The van der Waals surface area contributed by atoms with Gasteiger partial charge in [0, 0.05) is 18.0 Å². The van der Waals surface area contributed by atoms with Gasteiger partial charge in [-0.25, -0.2) is 14.1 Å². The molecule has 1 aliphatic carbocycles. The van der Waals surface area contributed by atoms with E-state index in [4.69, 9.17) is 0 Å². The highest BCUT2D eigenvalue weighted by Crippen LogP contribution is 2.24. The van der Waals surface area contributed by atoms with Gasteiger partial charge >= 0.3 is 0 Å². The molecule has 0 radical (unpaired) electrons. The molecular formula is C20H22FN5O2. The zero-order chi connectivity index (χ0) is 19.5. The number of hydrogen-bond donors (Lipinski definition) is 1. The van der Waals surface area contributed by atoms with Gasteiger partial charge in [0.1, 0.15) is 17.5 Å². The number of nitrogens with one attached hydrogen (secondary N) is 1. The minimum atomic E-state index is -0.358. The highest BCUT2D eigenvalue weighted by molar-refractivity contribution is 5.78. The molecule has 2 heterocycles. The largest absolute Gasteiger partial charge is 0.354 e. The molecule has 1 fully saturated rings. The molecule has 1 N–H and O–H groups in total. The van der Waals surface area contributed by atoms with Crippen LogP contribution in [0.1, 0.15) is 31.2 Å². The van der Waals surface area contributed by atoms with Crippen LogP contribution in [-0.4, -0.2) is 31.8 Å². The first kappa shape index (κ1) is 18.3. The van der Waals surface area contributed by atoms with E-state index in [2.05, 4.69) is 15.4 Å². The lowest BCUT2D eigenvalue weighted by Crippen LogP contribution is -2.32. The number of hydrogen-bond acceptors (Lipinski definition) is 4. The Hall–Kier alpha value is -3.03. The average molecular weight is 383 g/mol. The summed E-state index contributed by atoms with van der Waals surface area (Å²) in [5.74, 6) is -0.143. The van der Waals surface area contributed by atoms with Gasteiger partial charge in [0.05, 0.1) is 19.3 Å². The molecule has 0 spiro atoms. The maximum absolute atomic E-state index is 13.9. The van der Waals surface area contributed by atoms with Crippen molar-refractivity contribution in [2.75, 3.05) is 6.54 Å². The van der Waals surface area contributed by atoms with Gasteiger partial charge in [-0.15, -0.1) is 0 Å². The van der Waals surface area contributed by atoms with E-state index in [9.17, 15) is 14.0 Å². The highest BCUT2D eigenvalue weighted by Gasteiger charge is 2.22. The van der Waals surface area contributed by atoms with Crippen LogP contribution in [0.2, 0.25) is 0 Å². The van der Waals surface area contributed by atoms with Crippen molar-refractivity contribution in [2.45, 2.75) is 38.8 Å². The van der Waals surface area contributed by atoms with Crippen molar-refractivity contribution in [1.82, 2.24) is 24.6 Å². The summed E-state index contributed by atoms with van der Waals surface area (Å²) >= 11 is 0.